The second-order valence-corrected chi connectivity index (χ2v) is 4.10. The summed E-state index contributed by atoms with van der Waals surface area (Å²) >= 11 is 3.10. The highest BCUT2D eigenvalue weighted by molar-refractivity contribution is 8.00. The van der Waals surface area contributed by atoms with Gasteiger partial charge in [0, 0.05) is 13.7 Å². The number of thioether (sulfide) groups is 1. The number of rotatable bonds is 5. The van der Waals surface area contributed by atoms with Gasteiger partial charge in [0.25, 0.3) is 0 Å². The van der Waals surface area contributed by atoms with E-state index in [-0.39, 0.29) is 0 Å². The average molecular weight is 205 g/mol. The molecule has 4 nitrogen and oxygen atoms in total. The summed E-state index contributed by atoms with van der Waals surface area (Å²) in [7, 11) is 1.67. The van der Waals surface area contributed by atoms with Gasteiger partial charge in [0.05, 0.1) is 5.94 Å². The maximum Gasteiger partial charge on any atom is 0.206 e. The number of anilines is 1. The first-order valence-electron chi connectivity index (χ1n) is 3.56. The van der Waals surface area contributed by atoms with E-state index in [1.165, 1.54) is 0 Å². The second kappa shape index (κ2) is 5.34. The monoisotopic (exact) mass is 205 g/mol. The van der Waals surface area contributed by atoms with Gasteiger partial charge in [-0.25, -0.2) is 0 Å². The van der Waals surface area contributed by atoms with Crippen molar-refractivity contribution in [3.8, 4) is 0 Å². The van der Waals surface area contributed by atoms with Crippen molar-refractivity contribution in [1.82, 2.24) is 10.2 Å². The zero-order valence-corrected chi connectivity index (χ0v) is 8.67. The van der Waals surface area contributed by atoms with Crippen LogP contribution in [-0.4, -0.2) is 29.8 Å². The number of methoxy groups -OCH3 is 1. The number of aromatic nitrogens is 2. The van der Waals surface area contributed by atoms with Crippen LogP contribution in [0.5, 0.6) is 0 Å². The lowest BCUT2D eigenvalue weighted by atomic mass is 10.8. The molecule has 0 atom stereocenters. The molecule has 1 aromatic heterocycles. The summed E-state index contributed by atoms with van der Waals surface area (Å²) in [5.41, 5.74) is 0. The minimum absolute atomic E-state index is 0.626. The molecule has 1 N–H and O–H groups in total. The minimum atomic E-state index is 0.626. The molecular weight excluding hydrogens is 194 g/mol. The SMILES string of the molecule is CCNc1nnc(SCOC)s1. The number of ether oxygens (including phenoxy) is 1. The Bertz CT molecular complexity index is 228. The highest BCUT2D eigenvalue weighted by atomic mass is 32.2. The highest BCUT2D eigenvalue weighted by Gasteiger charge is 2.02. The fourth-order valence-corrected chi connectivity index (χ4v) is 2.08. The lowest BCUT2D eigenvalue weighted by Gasteiger charge is -1.92. The summed E-state index contributed by atoms with van der Waals surface area (Å²) in [6, 6.07) is 0. The molecule has 68 valence electrons. The summed E-state index contributed by atoms with van der Waals surface area (Å²) in [6.07, 6.45) is 0. The Balaban J connectivity index is 2.41. The first-order valence-corrected chi connectivity index (χ1v) is 5.36. The van der Waals surface area contributed by atoms with Crippen molar-refractivity contribution < 1.29 is 4.74 Å². The summed E-state index contributed by atoms with van der Waals surface area (Å²) < 4.78 is 5.83. The zero-order chi connectivity index (χ0) is 8.81. The van der Waals surface area contributed by atoms with E-state index >= 15 is 0 Å². The Morgan fingerprint density at radius 1 is 1.58 bits per heavy atom. The molecule has 1 rings (SSSR count). The van der Waals surface area contributed by atoms with Crippen LogP contribution in [0.4, 0.5) is 5.13 Å². The molecule has 0 aromatic carbocycles. The number of hydrogen-bond donors (Lipinski definition) is 1. The van der Waals surface area contributed by atoms with Crippen molar-refractivity contribution in [3.05, 3.63) is 0 Å². The van der Waals surface area contributed by atoms with Gasteiger partial charge in [0.1, 0.15) is 0 Å². The zero-order valence-electron chi connectivity index (χ0n) is 7.03. The maximum absolute atomic E-state index is 4.90. The topological polar surface area (TPSA) is 47.0 Å². The van der Waals surface area contributed by atoms with E-state index in [4.69, 9.17) is 4.74 Å². The van der Waals surface area contributed by atoms with Gasteiger partial charge in [0.15, 0.2) is 4.34 Å². The summed E-state index contributed by atoms with van der Waals surface area (Å²) in [6.45, 7) is 2.91. The number of nitrogens with zero attached hydrogens (tertiary/aromatic N) is 2. The van der Waals surface area contributed by atoms with Gasteiger partial charge in [-0.2, -0.15) is 0 Å². The highest BCUT2D eigenvalue weighted by Crippen LogP contribution is 2.24. The molecule has 0 aliphatic rings. The van der Waals surface area contributed by atoms with E-state index in [1.807, 2.05) is 6.92 Å². The lowest BCUT2D eigenvalue weighted by Crippen LogP contribution is -1.94. The molecule has 0 bridgehead atoms. The third kappa shape index (κ3) is 2.96. The second-order valence-electron chi connectivity index (χ2n) is 1.95. The van der Waals surface area contributed by atoms with Gasteiger partial charge in [-0.05, 0) is 6.92 Å². The van der Waals surface area contributed by atoms with Crippen molar-refractivity contribution in [2.24, 2.45) is 0 Å². The smallest absolute Gasteiger partial charge is 0.206 e. The standard InChI is InChI=1S/C6H11N3OS2/c1-3-7-5-8-9-6(12-5)11-4-10-2/h3-4H2,1-2H3,(H,7,8). The van der Waals surface area contributed by atoms with E-state index in [2.05, 4.69) is 15.5 Å². The van der Waals surface area contributed by atoms with Crippen LogP contribution in [0.2, 0.25) is 0 Å². The van der Waals surface area contributed by atoms with E-state index in [1.54, 1.807) is 30.2 Å². The van der Waals surface area contributed by atoms with Crippen molar-refractivity contribution in [1.29, 1.82) is 0 Å². The summed E-state index contributed by atoms with van der Waals surface area (Å²) in [5.74, 6) is 0.626. The molecular formula is C6H11N3OS2. The van der Waals surface area contributed by atoms with Crippen LogP contribution in [0.25, 0.3) is 0 Å². The maximum atomic E-state index is 4.90. The number of hydrogen-bond acceptors (Lipinski definition) is 6. The van der Waals surface area contributed by atoms with Gasteiger partial charge in [-0.3, -0.25) is 0 Å². The van der Waals surface area contributed by atoms with E-state index < -0.39 is 0 Å². The van der Waals surface area contributed by atoms with Crippen LogP contribution in [0.3, 0.4) is 0 Å². The predicted octanol–water partition coefficient (Wildman–Crippen LogP) is 1.67. The molecule has 12 heavy (non-hydrogen) atoms. The van der Waals surface area contributed by atoms with Crippen molar-refractivity contribution >= 4 is 28.2 Å². The lowest BCUT2D eigenvalue weighted by molar-refractivity contribution is 0.259. The third-order valence-corrected chi connectivity index (χ3v) is 3.00. The van der Waals surface area contributed by atoms with Crippen LogP contribution in [0, 0.1) is 0 Å². The molecule has 0 amide bonds. The Hall–Kier alpha value is -0.330. The normalized spacial score (nSPS) is 10.2. The van der Waals surface area contributed by atoms with Crippen molar-refractivity contribution in [2.75, 3.05) is 24.9 Å². The summed E-state index contributed by atoms with van der Waals surface area (Å²) in [5, 5.41) is 11.9. The molecule has 0 aliphatic carbocycles. The van der Waals surface area contributed by atoms with E-state index in [0.29, 0.717) is 5.94 Å². The Morgan fingerprint density at radius 2 is 2.42 bits per heavy atom. The van der Waals surface area contributed by atoms with Crippen LogP contribution < -0.4 is 5.32 Å². The molecule has 0 saturated heterocycles. The van der Waals surface area contributed by atoms with Gasteiger partial charge < -0.3 is 10.1 Å². The molecule has 1 aromatic rings. The minimum Gasteiger partial charge on any atom is -0.374 e. The molecule has 0 fully saturated rings. The average Bonchev–Trinajstić information content (AvgIpc) is 2.50. The van der Waals surface area contributed by atoms with Crippen molar-refractivity contribution in [3.63, 3.8) is 0 Å². The fourth-order valence-electron chi connectivity index (χ4n) is 0.600. The fraction of sp³-hybridized carbons (Fsp3) is 0.667. The van der Waals surface area contributed by atoms with Crippen LogP contribution >= 0.6 is 23.1 Å². The molecule has 6 heteroatoms. The van der Waals surface area contributed by atoms with E-state index in [0.717, 1.165) is 16.0 Å². The first kappa shape index (κ1) is 9.76. The molecule has 0 saturated carbocycles. The van der Waals surface area contributed by atoms with Crippen LogP contribution in [0.1, 0.15) is 6.92 Å². The van der Waals surface area contributed by atoms with Crippen LogP contribution in [-0.2, 0) is 4.74 Å². The summed E-state index contributed by atoms with van der Waals surface area (Å²) in [4.78, 5) is 0. The largest absolute Gasteiger partial charge is 0.374 e. The van der Waals surface area contributed by atoms with Crippen LogP contribution in [0.15, 0.2) is 4.34 Å². The number of nitrogens with one attached hydrogen (secondary N) is 1. The van der Waals surface area contributed by atoms with Crippen molar-refractivity contribution in [2.45, 2.75) is 11.3 Å². The molecule has 0 spiro atoms. The molecule has 0 unspecified atom stereocenters. The molecule has 1 heterocycles. The molecule has 0 aliphatic heterocycles. The Morgan fingerprint density at radius 3 is 3.08 bits per heavy atom. The van der Waals surface area contributed by atoms with Gasteiger partial charge in [0.2, 0.25) is 5.13 Å². The van der Waals surface area contributed by atoms with E-state index in [9.17, 15) is 0 Å². The van der Waals surface area contributed by atoms with Gasteiger partial charge in [-0.15, -0.1) is 10.2 Å². The molecule has 0 radical (unpaired) electrons. The Kier molecular flexibility index (Phi) is 4.34. The Labute approximate surface area is 79.7 Å². The predicted molar refractivity (Wildman–Crippen MR) is 51.8 cm³/mol. The van der Waals surface area contributed by atoms with Gasteiger partial charge >= 0.3 is 0 Å². The first-order chi connectivity index (χ1) is 5.86. The van der Waals surface area contributed by atoms with Gasteiger partial charge in [-0.1, -0.05) is 23.1 Å². The quantitative estimate of drug-likeness (QED) is 0.585. The third-order valence-electron chi connectivity index (χ3n) is 1.03.